The molecular formula is C21H23N3OS. The van der Waals surface area contributed by atoms with Gasteiger partial charge in [-0.15, -0.1) is 11.3 Å². The molecule has 3 aromatic rings. The standard InChI is InChI=1S/C21H23N3OS/c1-15-12-20(24-9-3-2-4-10-24)23-19-8-7-16(13-18(15)19)22-21(25)14-17-6-5-11-26-17/h5-8,11-13H,2-4,9-10,14H2,1H3,(H,22,25). The van der Waals surface area contributed by atoms with Crippen LogP contribution in [-0.4, -0.2) is 24.0 Å². The van der Waals surface area contributed by atoms with Gasteiger partial charge in [-0.25, -0.2) is 4.98 Å². The van der Waals surface area contributed by atoms with Gasteiger partial charge in [0.1, 0.15) is 5.82 Å². The first-order valence-corrected chi connectivity index (χ1v) is 10.1. The van der Waals surface area contributed by atoms with E-state index in [4.69, 9.17) is 4.98 Å². The van der Waals surface area contributed by atoms with Gasteiger partial charge in [0, 0.05) is 29.0 Å². The summed E-state index contributed by atoms with van der Waals surface area (Å²) in [5.41, 5.74) is 3.02. The summed E-state index contributed by atoms with van der Waals surface area (Å²) < 4.78 is 0. The molecule has 0 atom stereocenters. The van der Waals surface area contributed by atoms with Crippen LogP contribution >= 0.6 is 11.3 Å². The first-order chi connectivity index (χ1) is 12.7. The third kappa shape index (κ3) is 3.73. The number of carbonyl (C=O) groups is 1. The molecule has 134 valence electrons. The SMILES string of the molecule is Cc1cc(N2CCCCC2)nc2ccc(NC(=O)Cc3cccs3)cc12. The van der Waals surface area contributed by atoms with Crippen LogP contribution in [0.1, 0.15) is 29.7 Å². The lowest BCUT2D eigenvalue weighted by Gasteiger charge is -2.28. The number of nitrogens with one attached hydrogen (secondary N) is 1. The van der Waals surface area contributed by atoms with Gasteiger partial charge in [0.25, 0.3) is 0 Å². The van der Waals surface area contributed by atoms with E-state index in [0.29, 0.717) is 6.42 Å². The summed E-state index contributed by atoms with van der Waals surface area (Å²) in [6, 6.07) is 12.1. The maximum atomic E-state index is 12.2. The summed E-state index contributed by atoms with van der Waals surface area (Å²) >= 11 is 1.61. The molecule has 3 heterocycles. The van der Waals surface area contributed by atoms with Crippen molar-refractivity contribution in [1.82, 2.24) is 4.98 Å². The lowest BCUT2D eigenvalue weighted by atomic mass is 10.1. The average Bonchev–Trinajstić information content (AvgIpc) is 3.15. The summed E-state index contributed by atoms with van der Waals surface area (Å²) in [5, 5.41) is 6.10. The van der Waals surface area contributed by atoms with Crippen LogP contribution < -0.4 is 10.2 Å². The number of amides is 1. The number of piperidine rings is 1. The van der Waals surface area contributed by atoms with Gasteiger partial charge in [-0.2, -0.15) is 0 Å². The molecule has 1 aliphatic heterocycles. The minimum atomic E-state index is 0.0161. The highest BCUT2D eigenvalue weighted by molar-refractivity contribution is 7.10. The smallest absolute Gasteiger partial charge is 0.229 e. The third-order valence-electron chi connectivity index (χ3n) is 4.88. The zero-order valence-corrected chi connectivity index (χ0v) is 15.8. The van der Waals surface area contributed by atoms with Crippen LogP contribution in [0, 0.1) is 6.92 Å². The van der Waals surface area contributed by atoms with Gasteiger partial charge in [-0.3, -0.25) is 4.79 Å². The van der Waals surface area contributed by atoms with Crippen LogP contribution in [0.3, 0.4) is 0 Å². The maximum absolute atomic E-state index is 12.2. The number of benzene rings is 1. The monoisotopic (exact) mass is 365 g/mol. The van der Waals surface area contributed by atoms with Gasteiger partial charge in [0.05, 0.1) is 11.9 Å². The van der Waals surface area contributed by atoms with Crippen molar-refractivity contribution in [3.8, 4) is 0 Å². The van der Waals surface area contributed by atoms with E-state index in [2.05, 4.69) is 23.2 Å². The highest BCUT2D eigenvalue weighted by atomic mass is 32.1. The fourth-order valence-corrected chi connectivity index (χ4v) is 4.22. The van der Waals surface area contributed by atoms with Crippen molar-refractivity contribution in [1.29, 1.82) is 0 Å². The Morgan fingerprint density at radius 3 is 2.81 bits per heavy atom. The Balaban J connectivity index is 1.55. The lowest BCUT2D eigenvalue weighted by Crippen LogP contribution is -2.30. The molecule has 1 aromatic carbocycles. The molecule has 1 N–H and O–H groups in total. The number of aryl methyl sites for hydroxylation is 1. The fourth-order valence-electron chi connectivity index (χ4n) is 3.52. The summed E-state index contributed by atoms with van der Waals surface area (Å²) in [6.45, 7) is 4.30. The molecule has 1 fully saturated rings. The van der Waals surface area contributed by atoms with Crippen molar-refractivity contribution in [2.75, 3.05) is 23.3 Å². The van der Waals surface area contributed by atoms with Crippen molar-refractivity contribution in [2.45, 2.75) is 32.6 Å². The average molecular weight is 366 g/mol. The maximum Gasteiger partial charge on any atom is 0.229 e. The first kappa shape index (κ1) is 17.0. The fraction of sp³-hybridized carbons (Fsp3) is 0.333. The molecule has 0 saturated carbocycles. The van der Waals surface area contributed by atoms with Gasteiger partial charge in [0.2, 0.25) is 5.91 Å². The molecule has 0 aliphatic carbocycles. The zero-order chi connectivity index (χ0) is 17.9. The van der Waals surface area contributed by atoms with Crippen molar-refractivity contribution in [3.05, 3.63) is 52.2 Å². The minimum absolute atomic E-state index is 0.0161. The molecule has 5 heteroatoms. The van der Waals surface area contributed by atoms with E-state index < -0.39 is 0 Å². The number of pyridine rings is 1. The van der Waals surface area contributed by atoms with Gasteiger partial charge in [-0.1, -0.05) is 6.07 Å². The van der Waals surface area contributed by atoms with Crippen molar-refractivity contribution in [3.63, 3.8) is 0 Å². The molecule has 4 nitrogen and oxygen atoms in total. The zero-order valence-electron chi connectivity index (χ0n) is 15.0. The number of nitrogens with zero attached hydrogens (tertiary/aromatic N) is 2. The highest BCUT2D eigenvalue weighted by Crippen LogP contribution is 2.27. The third-order valence-corrected chi connectivity index (χ3v) is 5.76. The summed E-state index contributed by atoms with van der Waals surface area (Å²) in [5.74, 6) is 1.09. The topological polar surface area (TPSA) is 45.2 Å². The number of hydrogen-bond acceptors (Lipinski definition) is 4. The quantitative estimate of drug-likeness (QED) is 0.724. The predicted molar refractivity (Wildman–Crippen MR) is 109 cm³/mol. The molecule has 1 amide bonds. The van der Waals surface area contributed by atoms with E-state index in [-0.39, 0.29) is 5.91 Å². The number of aromatic nitrogens is 1. The predicted octanol–water partition coefficient (Wildman–Crippen LogP) is 4.78. The van der Waals surface area contributed by atoms with E-state index in [1.165, 1.54) is 24.8 Å². The van der Waals surface area contributed by atoms with Gasteiger partial charge >= 0.3 is 0 Å². The Morgan fingerprint density at radius 2 is 2.04 bits per heavy atom. The van der Waals surface area contributed by atoms with Crippen molar-refractivity contribution >= 4 is 39.7 Å². The largest absolute Gasteiger partial charge is 0.357 e. The van der Waals surface area contributed by atoms with Gasteiger partial charge in [0.15, 0.2) is 0 Å². The minimum Gasteiger partial charge on any atom is -0.357 e. The van der Waals surface area contributed by atoms with Crippen molar-refractivity contribution < 1.29 is 4.79 Å². The lowest BCUT2D eigenvalue weighted by molar-refractivity contribution is -0.115. The second-order valence-electron chi connectivity index (χ2n) is 6.88. The van der Waals surface area contributed by atoms with Gasteiger partial charge < -0.3 is 10.2 Å². The van der Waals surface area contributed by atoms with Crippen LogP contribution in [0.25, 0.3) is 10.9 Å². The first-order valence-electron chi connectivity index (χ1n) is 9.18. The van der Waals surface area contributed by atoms with E-state index in [1.54, 1.807) is 11.3 Å². The Bertz CT molecular complexity index is 914. The van der Waals surface area contributed by atoms with E-state index in [0.717, 1.165) is 40.4 Å². The Hall–Kier alpha value is -2.40. The molecule has 1 saturated heterocycles. The molecule has 26 heavy (non-hydrogen) atoms. The highest BCUT2D eigenvalue weighted by Gasteiger charge is 2.14. The molecule has 0 spiro atoms. The number of thiophene rings is 1. The molecule has 4 rings (SSSR count). The normalized spacial score (nSPS) is 14.6. The molecule has 1 aliphatic rings. The van der Waals surface area contributed by atoms with Crippen LogP contribution in [0.4, 0.5) is 11.5 Å². The number of hydrogen-bond donors (Lipinski definition) is 1. The van der Waals surface area contributed by atoms with Crippen molar-refractivity contribution in [2.24, 2.45) is 0 Å². The van der Waals surface area contributed by atoms with Gasteiger partial charge in [-0.05, 0) is 67.5 Å². The van der Waals surface area contributed by atoms with Crippen LogP contribution in [0.15, 0.2) is 41.8 Å². The Labute approximate surface area is 157 Å². The number of anilines is 2. The summed E-state index contributed by atoms with van der Waals surface area (Å²) in [6.07, 6.45) is 4.22. The van der Waals surface area contributed by atoms with Crippen LogP contribution in [0.5, 0.6) is 0 Å². The second kappa shape index (κ2) is 7.46. The van der Waals surface area contributed by atoms with Crippen LogP contribution in [-0.2, 0) is 11.2 Å². The summed E-state index contributed by atoms with van der Waals surface area (Å²) in [4.78, 5) is 20.5. The molecular weight excluding hydrogens is 342 g/mol. The molecule has 2 aromatic heterocycles. The summed E-state index contributed by atoms with van der Waals surface area (Å²) in [7, 11) is 0. The number of rotatable bonds is 4. The molecule has 0 radical (unpaired) electrons. The van der Waals surface area contributed by atoms with E-state index in [9.17, 15) is 4.79 Å². The number of fused-ring (bicyclic) bond motifs is 1. The second-order valence-corrected chi connectivity index (χ2v) is 7.91. The van der Waals surface area contributed by atoms with Crippen LogP contribution in [0.2, 0.25) is 0 Å². The number of carbonyl (C=O) groups excluding carboxylic acids is 1. The Kier molecular flexibility index (Phi) is 4.89. The van der Waals surface area contributed by atoms with E-state index >= 15 is 0 Å². The molecule has 0 bridgehead atoms. The molecule has 0 unspecified atom stereocenters. The van der Waals surface area contributed by atoms with E-state index in [1.807, 2.05) is 35.7 Å². The Morgan fingerprint density at radius 1 is 1.19 bits per heavy atom.